The van der Waals surface area contributed by atoms with Crippen LogP contribution in [-0.2, 0) is 0 Å². The van der Waals surface area contributed by atoms with Gasteiger partial charge in [0.25, 0.3) is 0 Å². The summed E-state index contributed by atoms with van der Waals surface area (Å²) >= 11 is -3.56. The first-order valence-corrected chi connectivity index (χ1v) is 21.6. The van der Waals surface area contributed by atoms with Crippen molar-refractivity contribution in [1.82, 2.24) is 0 Å². The summed E-state index contributed by atoms with van der Waals surface area (Å²) in [6.07, 6.45) is 5.52. The Morgan fingerprint density at radius 2 is 0.559 bits per heavy atom. The van der Waals surface area contributed by atoms with Gasteiger partial charge in [-0.3, -0.25) is 0 Å². The van der Waals surface area contributed by atoms with E-state index in [4.69, 9.17) is 0 Å². The van der Waals surface area contributed by atoms with Crippen LogP contribution in [0.3, 0.4) is 0 Å². The van der Waals surface area contributed by atoms with E-state index >= 15 is 0 Å². The van der Waals surface area contributed by atoms with Gasteiger partial charge in [0.2, 0.25) is 0 Å². The second kappa shape index (κ2) is 17.2. The molecule has 0 nitrogen and oxygen atoms in total. The van der Waals surface area contributed by atoms with Crippen LogP contribution in [0.25, 0.3) is 0 Å². The van der Waals surface area contributed by atoms with Crippen molar-refractivity contribution in [1.29, 1.82) is 0 Å². The fraction of sp³-hybridized carbons (Fsp3) is 0.200. The third-order valence-electron chi connectivity index (χ3n) is 6.09. The second-order valence-electron chi connectivity index (χ2n) is 8.34. The van der Waals surface area contributed by atoms with E-state index in [1.165, 1.54) is 34.6 Å². The van der Waals surface area contributed by atoms with Crippen LogP contribution in [0.1, 0.15) is 25.7 Å². The Balaban J connectivity index is 0.00000204. The molecule has 4 rings (SSSR count). The monoisotopic (exact) mass is 646 g/mol. The van der Waals surface area contributed by atoms with Gasteiger partial charge in [0.15, 0.2) is 0 Å². The summed E-state index contributed by atoms with van der Waals surface area (Å²) in [4.78, 5) is 0. The van der Waals surface area contributed by atoms with Crippen molar-refractivity contribution in [3.05, 3.63) is 121 Å². The molecule has 34 heavy (non-hydrogen) atoms. The molecule has 162 valence electrons. The predicted octanol–water partition coefficient (Wildman–Crippen LogP) is 4.40. The third kappa shape index (κ3) is 9.28. The van der Waals surface area contributed by atoms with E-state index in [9.17, 15) is 0 Å². The van der Waals surface area contributed by atoms with Crippen molar-refractivity contribution >= 4 is 91.6 Å². The molecule has 0 aliphatic heterocycles. The standard InChI is InChI=1S/4C6H5.C6H12.2Li.2Sn/c4*1-2-4-6-5-3-1;1-3-5-6-4-2;;;;/h4*1-5H;1-6H2;;;;. The van der Waals surface area contributed by atoms with Gasteiger partial charge >= 0.3 is 210 Å². The van der Waals surface area contributed by atoms with Crippen LogP contribution in [0.15, 0.2) is 121 Å². The van der Waals surface area contributed by atoms with Gasteiger partial charge < -0.3 is 0 Å². The van der Waals surface area contributed by atoms with Gasteiger partial charge in [-0.05, 0) is 0 Å². The molecule has 4 heteroatoms. The molecule has 0 aliphatic carbocycles. The Morgan fingerprint density at radius 1 is 0.324 bits per heavy atom. The van der Waals surface area contributed by atoms with Crippen LogP contribution >= 0.6 is 0 Å². The average molecular weight is 644 g/mol. The number of hydrogen-bond acceptors (Lipinski definition) is 0. The minimum atomic E-state index is -1.78. The summed E-state index contributed by atoms with van der Waals surface area (Å²) in [6.45, 7) is 0. The summed E-state index contributed by atoms with van der Waals surface area (Å²) in [5, 5.41) is 0. The molecule has 4 radical (unpaired) electrons. The van der Waals surface area contributed by atoms with E-state index in [-0.39, 0.29) is 37.7 Å². The minimum absolute atomic E-state index is 0. The van der Waals surface area contributed by atoms with Crippen LogP contribution in [0.4, 0.5) is 0 Å². The van der Waals surface area contributed by atoms with E-state index in [1.54, 1.807) is 14.3 Å². The fourth-order valence-electron chi connectivity index (χ4n) is 4.43. The van der Waals surface area contributed by atoms with E-state index in [2.05, 4.69) is 121 Å². The molecule has 0 bridgehead atoms. The van der Waals surface area contributed by atoms with Crippen molar-refractivity contribution in [3.8, 4) is 0 Å². The fourth-order valence-corrected chi connectivity index (χ4v) is 19.9. The first-order valence-electron chi connectivity index (χ1n) is 11.8. The Morgan fingerprint density at radius 3 is 0.794 bits per heavy atom. The Kier molecular flexibility index (Phi) is 15.1. The molecule has 4 aromatic rings. The van der Waals surface area contributed by atoms with E-state index < -0.39 is 39.5 Å². The second-order valence-corrected chi connectivity index (χ2v) is 23.2. The molecule has 0 aromatic heterocycles. The number of benzene rings is 4. The zero-order valence-electron chi connectivity index (χ0n) is 20.8. The molecule has 4 aromatic carbocycles. The molecule has 0 N–H and O–H groups in total. The van der Waals surface area contributed by atoms with Crippen molar-refractivity contribution in [2.45, 2.75) is 34.6 Å². The molecule has 0 fully saturated rings. The maximum absolute atomic E-state index is 2.38. The zero-order chi connectivity index (χ0) is 21.8. The van der Waals surface area contributed by atoms with Crippen LogP contribution in [-0.4, -0.2) is 77.2 Å². The number of rotatable bonds is 11. The first kappa shape index (κ1) is 29.9. The summed E-state index contributed by atoms with van der Waals surface area (Å²) in [5.74, 6) is 0. The number of unbranched alkanes of at least 4 members (excludes halogenated alkanes) is 3. The van der Waals surface area contributed by atoms with Gasteiger partial charge in [0.1, 0.15) is 0 Å². The normalized spacial score (nSPS) is 10.5. The van der Waals surface area contributed by atoms with E-state index in [1.807, 2.05) is 0 Å². The Hall–Kier alpha value is -0.328. The Labute approximate surface area is 244 Å². The third-order valence-corrected chi connectivity index (χ3v) is 22.7. The van der Waals surface area contributed by atoms with Gasteiger partial charge in [-0.1, -0.05) is 0 Å². The molecular formula is C30H32Li2Sn2. The van der Waals surface area contributed by atoms with Crippen LogP contribution < -0.4 is 14.3 Å². The quantitative estimate of drug-likeness (QED) is 0.168. The van der Waals surface area contributed by atoms with Gasteiger partial charge in [-0.2, -0.15) is 0 Å². The molecular weight excluding hydrogens is 612 g/mol. The van der Waals surface area contributed by atoms with Crippen molar-refractivity contribution < 1.29 is 0 Å². The van der Waals surface area contributed by atoms with Crippen LogP contribution in [0.5, 0.6) is 0 Å². The molecule has 0 atom stereocenters. The van der Waals surface area contributed by atoms with Gasteiger partial charge in [0, 0.05) is 37.7 Å². The molecule has 0 heterocycles. The maximum atomic E-state index is 2.38. The van der Waals surface area contributed by atoms with Gasteiger partial charge in [-0.25, -0.2) is 0 Å². The van der Waals surface area contributed by atoms with Crippen molar-refractivity contribution in [3.63, 3.8) is 0 Å². The molecule has 0 saturated heterocycles. The van der Waals surface area contributed by atoms with Gasteiger partial charge in [0.05, 0.1) is 0 Å². The zero-order valence-corrected chi connectivity index (χ0v) is 26.5. The summed E-state index contributed by atoms with van der Waals surface area (Å²) in [7, 11) is 0. The summed E-state index contributed by atoms with van der Waals surface area (Å²) in [6, 6.07) is 45.4. The summed E-state index contributed by atoms with van der Waals surface area (Å²) in [5.41, 5.74) is 0. The van der Waals surface area contributed by atoms with Gasteiger partial charge in [-0.15, -0.1) is 0 Å². The van der Waals surface area contributed by atoms with E-state index in [0.717, 1.165) is 0 Å². The molecule has 0 spiro atoms. The number of hydrogen-bond donors (Lipinski definition) is 0. The first-order chi connectivity index (χ1) is 15.9. The Bertz CT molecular complexity index is 862. The topological polar surface area (TPSA) is 0 Å². The van der Waals surface area contributed by atoms with Crippen molar-refractivity contribution in [2.24, 2.45) is 0 Å². The van der Waals surface area contributed by atoms with E-state index in [0.29, 0.717) is 0 Å². The molecule has 0 aliphatic rings. The van der Waals surface area contributed by atoms with Crippen LogP contribution in [0.2, 0.25) is 8.87 Å². The van der Waals surface area contributed by atoms with Crippen LogP contribution in [0, 0.1) is 0 Å². The molecule has 0 amide bonds. The molecule has 0 unspecified atom stereocenters. The van der Waals surface area contributed by atoms with Crippen molar-refractivity contribution in [2.75, 3.05) is 0 Å². The summed E-state index contributed by atoms with van der Waals surface area (Å²) < 4.78 is 9.43. The SMILES string of the molecule is [Li].[Li].c1cc[c]([Sn]([CH2]CCCC[CH2][Sn]([c]2ccccc2)[c]2ccccc2)[c]2ccccc2)cc1. The predicted molar refractivity (Wildman–Crippen MR) is 155 cm³/mol. The molecule has 0 saturated carbocycles. The average Bonchev–Trinajstić information content (AvgIpc) is 2.88.